The van der Waals surface area contributed by atoms with Crippen molar-refractivity contribution in [1.29, 1.82) is 0 Å². The Balaban J connectivity index is 2.06. The Labute approximate surface area is 129 Å². The molecule has 0 bridgehead atoms. The molecule has 116 valence electrons. The summed E-state index contributed by atoms with van der Waals surface area (Å²) in [5, 5.41) is 11.3. The van der Waals surface area contributed by atoms with Gasteiger partial charge in [-0.15, -0.1) is 0 Å². The summed E-state index contributed by atoms with van der Waals surface area (Å²) in [5.74, 6) is 1.49. The van der Waals surface area contributed by atoms with Gasteiger partial charge in [0, 0.05) is 17.8 Å². The SMILES string of the molecule is COc1ccc(CC(Cc2ccc(OC)cc2)[N+](=O)[O-])cc1. The highest BCUT2D eigenvalue weighted by molar-refractivity contribution is 5.29. The van der Waals surface area contributed by atoms with Crippen LogP contribution >= 0.6 is 0 Å². The lowest BCUT2D eigenvalue weighted by Gasteiger charge is -2.11. The van der Waals surface area contributed by atoms with Crippen LogP contribution in [0.3, 0.4) is 0 Å². The molecule has 0 unspecified atom stereocenters. The third-order valence-electron chi connectivity index (χ3n) is 3.56. The van der Waals surface area contributed by atoms with Gasteiger partial charge in [-0.2, -0.15) is 0 Å². The molecule has 0 atom stereocenters. The maximum Gasteiger partial charge on any atom is 0.221 e. The van der Waals surface area contributed by atoms with Crippen LogP contribution < -0.4 is 9.47 Å². The number of nitro groups is 1. The zero-order valence-electron chi connectivity index (χ0n) is 12.7. The predicted molar refractivity (Wildman–Crippen MR) is 84.2 cm³/mol. The normalized spacial score (nSPS) is 10.5. The molecule has 0 N–H and O–H groups in total. The van der Waals surface area contributed by atoms with Crippen LogP contribution in [0.2, 0.25) is 0 Å². The Kier molecular flexibility index (Phi) is 5.36. The third kappa shape index (κ3) is 4.22. The summed E-state index contributed by atoms with van der Waals surface area (Å²) in [6.07, 6.45) is 0.784. The summed E-state index contributed by atoms with van der Waals surface area (Å²) in [6, 6.07) is 14.1. The second kappa shape index (κ2) is 7.45. The summed E-state index contributed by atoms with van der Waals surface area (Å²) in [5.41, 5.74) is 1.85. The van der Waals surface area contributed by atoms with E-state index in [2.05, 4.69) is 0 Å². The van der Waals surface area contributed by atoms with E-state index in [1.807, 2.05) is 48.5 Å². The number of nitrogens with zero attached hydrogens (tertiary/aromatic N) is 1. The Bertz CT molecular complexity index is 558. The van der Waals surface area contributed by atoms with Crippen LogP contribution in [0, 0.1) is 10.1 Å². The van der Waals surface area contributed by atoms with Gasteiger partial charge in [0.1, 0.15) is 11.5 Å². The Morgan fingerprint density at radius 1 is 0.864 bits per heavy atom. The van der Waals surface area contributed by atoms with Crippen molar-refractivity contribution in [1.82, 2.24) is 0 Å². The molecule has 0 radical (unpaired) electrons. The van der Waals surface area contributed by atoms with E-state index >= 15 is 0 Å². The quantitative estimate of drug-likeness (QED) is 0.582. The van der Waals surface area contributed by atoms with Crippen LogP contribution in [0.25, 0.3) is 0 Å². The second-order valence-corrected chi connectivity index (χ2v) is 5.04. The fourth-order valence-electron chi connectivity index (χ4n) is 2.29. The third-order valence-corrected chi connectivity index (χ3v) is 3.56. The Morgan fingerprint density at radius 3 is 1.50 bits per heavy atom. The lowest BCUT2D eigenvalue weighted by molar-refractivity contribution is -0.521. The molecule has 0 aliphatic carbocycles. The molecule has 0 amide bonds. The van der Waals surface area contributed by atoms with Crippen molar-refractivity contribution >= 4 is 0 Å². The highest BCUT2D eigenvalue weighted by Gasteiger charge is 2.21. The van der Waals surface area contributed by atoms with Gasteiger partial charge in [-0.3, -0.25) is 10.1 Å². The largest absolute Gasteiger partial charge is 0.497 e. The van der Waals surface area contributed by atoms with Gasteiger partial charge >= 0.3 is 0 Å². The zero-order valence-corrected chi connectivity index (χ0v) is 12.7. The first-order valence-electron chi connectivity index (χ1n) is 7.01. The van der Waals surface area contributed by atoms with Crippen molar-refractivity contribution in [2.75, 3.05) is 14.2 Å². The van der Waals surface area contributed by atoms with E-state index in [-0.39, 0.29) is 4.92 Å². The topological polar surface area (TPSA) is 61.6 Å². The number of hydrogen-bond donors (Lipinski definition) is 0. The molecular formula is C17H19NO4. The van der Waals surface area contributed by atoms with Crippen molar-refractivity contribution in [2.24, 2.45) is 0 Å². The summed E-state index contributed by atoms with van der Waals surface area (Å²) in [7, 11) is 3.19. The van der Waals surface area contributed by atoms with Crippen molar-refractivity contribution in [3.05, 3.63) is 69.8 Å². The maximum atomic E-state index is 11.3. The molecule has 0 aromatic heterocycles. The van der Waals surface area contributed by atoms with Gasteiger partial charge in [-0.05, 0) is 35.4 Å². The molecule has 2 aromatic rings. The van der Waals surface area contributed by atoms with Crippen LogP contribution in [0.1, 0.15) is 11.1 Å². The molecule has 22 heavy (non-hydrogen) atoms. The summed E-state index contributed by atoms with van der Waals surface area (Å²) in [4.78, 5) is 11.1. The second-order valence-electron chi connectivity index (χ2n) is 5.04. The molecular weight excluding hydrogens is 282 g/mol. The van der Waals surface area contributed by atoms with E-state index in [0.29, 0.717) is 12.8 Å². The molecule has 0 saturated heterocycles. The van der Waals surface area contributed by atoms with Gasteiger partial charge in [0.15, 0.2) is 0 Å². The molecule has 0 spiro atoms. The molecule has 0 fully saturated rings. The van der Waals surface area contributed by atoms with Gasteiger partial charge in [0.2, 0.25) is 6.04 Å². The van der Waals surface area contributed by atoms with Crippen molar-refractivity contribution < 1.29 is 14.4 Å². The molecule has 2 aromatic carbocycles. The fraction of sp³-hybridized carbons (Fsp3) is 0.294. The highest BCUT2D eigenvalue weighted by Crippen LogP contribution is 2.17. The van der Waals surface area contributed by atoms with E-state index in [1.54, 1.807) is 14.2 Å². The molecule has 0 aliphatic heterocycles. The smallest absolute Gasteiger partial charge is 0.221 e. The highest BCUT2D eigenvalue weighted by atomic mass is 16.6. The first-order valence-corrected chi connectivity index (χ1v) is 7.01. The minimum absolute atomic E-state index is 0.214. The van der Waals surface area contributed by atoms with Gasteiger partial charge in [-0.1, -0.05) is 24.3 Å². The first kappa shape index (κ1) is 15.8. The van der Waals surface area contributed by atoms with Crippen LogP contribution in [-0.2, 0) is 12.8 Å². The monoisotopic (exact) mass is 301 g/mol. The van der Waals surface area contributed by atoms with Gasteiger partial charge in [0.05, 0.1) is 14.2 Å². The average molecular weight is 301 g/mol. The Morgan fingerprint density at radius 2 is 1.23 bits per heavy atom. The van der Waals surface area contributed by atoms with Crippen LogP contribution in [0.15, 0.2) is 48.5 Å². The van der Waals surface area contributed by atoms with Crippen LogP contribution in [-0.4, -0.2) is 25.2 Å². The minimum atomic E-state index is -0.651. The van der Waals surface area contributed by atoms with E-state index in [9.17, 15) is 10.1 Å². The van der Waals surface area contributed by atoms with Crippen molar-refractivity contribution in [3.63, 3.8) is 0 Å². The summed E-state index contributed by atoms with van der Waals surface area (Å²) < 4.78 is 10.2. The fourth-order valence-corrected chi connectivity index (χ4v) is 2.29. The number of methoxy groups -OCH3 is 2. The first-order chi connectivity index (χ1) is 10.6. The predicted octanol–water partition coefficient (Wildman–Crippen LogP) is 3.13. The minimum Gasteiger partial charge on any atom is -0.497 e. The molecule has 0 saturated carbocycles. The molecule has 5 heteroatoms. The van der Waals surface area contributed by atoms with E-state index in [0.717, 1.165) is 22.6 Å². The maximum absolute atomic E-state index is 11.3. The summed E-state index contributed by atoms with van der Waals surface area (Å²) in [6.45, 7) is 0. The van der Waals surface area contributed by atoms with Crippen molar-refractivity contribution in [2.45, 2.75) is 18.9 Å². The van der Waals surface area contributed by atoms with E-state index < -0.39 is 6.04 Å². The van der Waals surface area contributed by atoms with Crippen LogP contribution in [0.4, 0.5) is 0 Å². The van der Waals surface area contributed by atoms with Gasteiger partial charge in [0.25, 0.3) is 0 Å². The molecule has 0 heterocycles. The molecule has 5 nitrogen and oxygen atoms in total. The van der Waals surface area contributed by atoms with E-state index in [1.165, 1.54) is 0 Å². The van der Waals surface area contributed by atoms with Gasteiger partial charge in [-0.25, -0.2) is 0 Å². The number of hydrogen-bond acceptors (Lipinski definition) is 4. The summed E-state index contributed by atoms with van der Waals surface area (Å²) >= 11 is 0. The van der Waals surface area contributed by atoms with Crippen LogP contribution in [0.5, 0.6) is 11.5 Å². The molecule has 0 aliphatic rings. The Hall–Kier alpha value is -2.56. The van der Waals surface area contributed by atoms with E-state index in [4.69, 9.17) is 9.47 Å². The molecule has 2 rings (SSSR count). The lowest BCUT2D eigenvalue weighted by atomic mass is 9.99. The van der Waals surface area contributed by atoms with Gasteiger partial charge < -0.3 is 9.47 Å². The average Bonchev–Trinajstić information content (AvgIpc) is 2.55. The number of ether oxygens (including phenoxy) is 2. The standard InChI is InChI=1S/C17H19NO4/c1-21-16-7-3-13(4-8-16)11-15(18(19)20)12-14-5-9-17(22-2)10-6-14/h3-10,15H,11-12H2,1-2H3. The lowest BCUT2D eigenvalue weighted by Crippen LogP contribution is -2.24. The number of rotatable bonds is 7. The number of benzene rings is 2. The zero-order chi connectivity index (χ0) is 15.9. The van der Waals surface area contributed by atoms with Crippen molar-refractivity contribution in [3.8, 4) is 11.5 Å².